The van der Waals surface area contributed by atoms with Gasteiger partial charge in [-0.05, 0) is 44.9 Å². The van der Waals surface area contributed by atoms with Crippen LogP contribution in [0.4, 0.5) is 0 Å². The molecule has 3 atom stereocenters. The first-order chi connectivity index (χ1) is 10.6. The third-order valence-electron chi connectivity index (χ3n) is 4.87. The molecular weight excluding hydrogens is 282 g/mol. The fraction of sp³-hybridized carbons (Fsp3) is 0.882. The molecule has 1 amide bonds. The Bertz CT molecular complexity index is 379. The van der Waals surface area contributed by atoms with Crippen LogP contribution in [0, 0.1) is 5.92 Å². The monoisotopic (exact) mass is 311 g/mol. The molecule has 2 rings (SSSR count). The summed E-state index contributed by atoms with van der Waals surface area (Å²) in [6.45, 7) is 1.70. The van der Waals surface area contributed by atoms with Gasteiger partial charge in [-0.3, -0.25) is 4.79 Å². The summed E-state index contributed by atoms with van der Waals surface area (Å²) in [7, 11) is 1.70. The lowest BCUT2D eigenvalue weighted by Gasteiger charge is -2.28. The van der Waals surface area contributed by atoms with Crippen LogP contribution in [0.3, 0.4) is 0 Å². The van der Waals surface area contributed by atoms with Gasteiger partial charge in [0, 0.05) is 20.0 Å². The van der Waals surface area contributed by atoms with E-state index in [1.807, 2.05) is 0 Å². The van der Waals surface area contributed by atoms with Gasteiger partial charge in [-0.25, -0.2) is 4.79 Å². The second kappa shape index (κ2) is 8.51. The van der Waals surface area contributed by atoms with Crippen molar-refractivity contribution in [2.75, 3.05) is 7.11 Å². The van der Waals surface area contributed by atoms with E-state index in [1.54, 1.807) is 14.0 Å². The molecule has 0 aromatic rings. The van der Waals surface area contributed by atoms with Crippen LogP contribution in [0.25, 0.3) is 0 Å². The van der Waals surface area contributed by atoms with Crippen molar-refractivity contribution >= 4 is 11.9 Å². The summed E-state index contributed by atoms with van der Waals surface area (Å²) in [6, 6.07) is -0.572. The molecule has 0 heterocycles. The van der Waals surface area contributed by atoms with Crippen LogP contribution in [0.1, 0.15) is 64.7 Å². The molecular formula is C17H29NO4. The molecule has 2 aliphatic rings. The smallest absolute Gasteiger partial charge is 0.328 e. The van der Waals surface area contributed by atoms with Crippen molar-refractivity contribution in [3.05, 3.63) is 0 Å². The first kappa shape index (κ1) is 17.3. The fourth-order valence-electron chi connectivity index (χ4n) is 3.53. The van der Waals surface area contributed by atoms with E-state index in [4.69, 9.17) is 9.47 Å². The number of ether oxygens (including phenoxy) is 2. The Morgan fingerprint density at radius 2 is 1.77 bits per heavy atom. The van der Waals surface area contributed by atoms with Gasteiger partial charge in [-0.15, -0.1) is 0 Å². The normalized spacial score (nSPS) is 27.4. The summed E-state index contributed by atoms with van der Waals surface area (Å²) >= 11 is 0. The van der Waals surface area contributed by atoms with Gasteiger partial charge in [0.25, 0.3) is 0 Å². The van der Waals surface area contributed by atoms with Gasteiger partial charge < -0.3 is 14.8 Å². The van der Waals surface area contributed by atoms with E-state index in [1.165, 1.54) is 12.8 Å². The number of rotatable bonds is 6. The Balaban J connectivity index is 1.70. The average Bonchev–Trinajstić information content (AvgIpc) is 3.00. The van der Waals surface area contributed by atoms with Crippen LogP contribution in [0.2, 0.25) is 0 Å². The topological polar surface area (TPSA) is 64.6 Å². The zero-order valence-corrected chi connectivity index (χ0v) is 13.8. The van der Waals surface area contributed by atoms with Crippen LogP contribution in [-0.2, 0) is 19.1 Å². The highest BCUT2D eigenvalue weighted by Gasteiger charge is 2.27. The molecule has 2 saturated carbocycles. The number of nitrogens with one attached hydrogen (secondary N) is 1. The van der Waals surface area contributed by atoms with Crippen molar-refractivity contribution in [2.45, 2.75) is 83.0 Å². The molecule has 5 nitrogen and oxygen atoms in total. The van der Waals surface area contributed by atoms with Gasteiger partial charge in [-0.2, -0.15) is 0 Å². The number of hydrogen-bond donors (Lipinski definition) is 1. The maximum atomic E-state index is 12.1. The minimum Gasteiger partial charge on any atom is -0.461 e. The van der Waals surface area contributed by atoms with Crippen molar-refractivity contribution in [1.29, 1.82) is 0 Å². The second-order valence-electron chi connectivity index (χ2n) is 6.73. The van der Waals surface area contributed by atoms with Crippen LogP contribution >= 0.6 is 0 Å². The van der Waals surface area contributed by atoms with E-state index in [2.05, 4.69) is 5.32 Å². The Hall–Kier alpha value is -1.10. The lowest BCUT2D eigenvalue weighted by atomic mass is 9.95. The zero-order chi connectivity index (χ0) is 15.9. The standard InChI is InChI=1S/C17H29NO4/c1-12(18-16(19)10-13-6-3-4-7-13)17(20)22-15-9-5-8-14(11-15)21-2/h12-15H,3-11H2,1-2H3,(H,18,19)/t12-,14+,15+/m0/s1. The number of methoxy groups -OCH3 is 1. The predicted molar refractivity (Wildman–Crippen MR) is 83.3 cm³/mol. The second-order valence-corrected chi connectivity index (χ2v) is 6.73. The average molecular weight is 311 g/mol. The zero-order valence-electron chi connectivity index (χ0n) is 13.8. The molecule has 0 radical (unpaired) electrons. The molecule has 1 N–H and O–H groups in total. The van der Waals surface area contributed by atoms with Gasteiger partial charge in [-0.1, -0.05) is 12.8 Å². The number of carbonyl (C=O) groups is 2. The molecule has 0 aromatic carbocycles. The summed E-state index contributed by atoms with van der Waals surface area (Å²) in [5.41, 5.74) is 0. The van der Waals surface area contributed by atoms with Gasteiger partial charge in [0.05, 0.1) is 6.10 Å². The van der Waals surface area contributed by atoms with Crippen molar-refractivity contribution in [1.82, 2.24) is 5.32 Å². The van der Waals surface area contributed by atoms with Gasteiger partial charge in [0.15, 0.2) is 0 Å². The molecule has 0 unspecified atom stereocenters. The summed E-state index contributed by atoms with van der Waals surface area (Å²) in [5, 5.41) is 2.78. The number of esters is 1. The van der Waals surface area contributed by atoms with Crippen molar-refractivity contribution < 1.29 is 19.1 Å². The quantitative estimate of drug-likeness (QED) is 0.766. The third-order valence-corrected chi connectivity index (χ3v) is 4.87. The maximum absolute atomic E-state index is 12.1. The summed E-state index contributed by atoms with van der Waals surface area (Å²) in [6.07, 6.45) is 9.01. The van der Waals surface area contributed by atoms with E-state index < -0.39 is 6.04 Å². The molecule has 0 saturated heterocycles. The van der Waals surface area contributed by atoms with E-state index in [9.17, 15) is 9.59 Å². The Morgan fingerprint density at radius 1 is 1.09 bits per heavy atom. The van der Waals surface area contributed by atoms with Crippen LogP contribution in [0.5, 0.6) is 0 Å². The number of amides is 1. The van der Waals surface area contributed by atoms with E-state index in [-0.39, 0.29) is 24.1 Å². The van der Waals surface area contributed by atoms with Crippen LogP contribution in [-0.4, -0.2) is 37.2 Å². The summed E-state index contributed by atoms with van der Waals surface area (Å²) in [4.78, 5) is 24.1. The molecule has 0 spiro atoms. The molecule has 126 valence electrons. The summed E-state index contributed by atoms with van der Waals surface area (Å²) in [5.74, 6) is 0.125. The largest absolute Gasteiger partial charge is 0.461 e. The Labute approximate surface area is 133 Å². The van der Waals surface area contributed by atoms with E-state index >= 15 is 0 Å². The fourth-order valence-corrected chi connectivity index (χ4v) is 3.53. The maximum Gasteiger partial charge on any atom is 0.328 e. The Kier molecular flexibility index (Phi) is 6.68. The molecule has 0 bridgehead atoms. The van der Waals surface area contributed by atoms with Crippen molar-refractivity contribution in [3.8, 4) is 0 Å². The molecule has 2 aliphatic carbocycles. The summed E-state index contributed by atoms with van der Waals surface area (Å²) < 4.78 is 10.9. The highest BCUT2D eigenvalue weighted by Crippen LogP contribution is 2.27. The first-order valence-electron chi connectivity index (χ1n) is 8.61. The molecule has 22 heavy (non-hydrogen) atoms. The Morgan fingerprint density at radius 3 is 2.45 bits per heavy atom. The predicted octanol–water partition coefficient (Wildman–Crippen LogP) is 2.57. The lowest BCUT2D eigenvalue weighted by Crippen LogP contribution is -2.42. The number of carbonyl (C=O) groups excluding carboxylic acids is 2. The van der Waals surface area contributed by atoms with Crippen molar-refractivity contribution in [3.63, 3.8) is 0 Å². The van der Waals surface area contributed by atoms with E-state index in [0.29, 0.717) is 12.3 Å². The lowest BCUT2D eigenvalue weighted by molar-refractivity contribution is -0.156. The first-order valence-corrected chi connectivity index (χ1v) is 8.61. The SMILES string of the molecule is CO[C@@H]1CCC[C@@H](OC(=O)[C@H](C)NC(=O)CC2CCCC2)C1. The minimum absolute atomic E-state index is 0.0326. The minimum atomic E-state index is -0.572. The van der Waals surface area contributed by atoms with Crippen molar-refractivity contribution in [2.24, 2.45) is 5.92 Å². The van der Waals surface area contributed by atoms with E-state index in [0.717, 1.165) is 38.5 Å². The van der Waals surface area contributed by atoms with Crippen LogP contribution < -0.4 is 5.32 Å². The molecule has 5 heteroatoms. The highest BCUT2D eigenvalue weighted by molar-refractivity contribution is 5.84. The third kappa shape index (κ3) is 5.27. The van der Waals surface area contributed by atoms with Gasteiger partial charge >= 0.3 is 5.97 Å². The molecule has 2 fully saturated rings. The highest BCUT2D eigenvalue weighted by atomic mass is 16.5. The van der Waals surface area contributed by atoms with Gasteiger partial charge in [0.2, 0.25) is 5.91 Å². The molecule has 0 aliphatic heterocycles. The van der Waals surface area contributed by atoms with Crippen LogP contribution in [0.15, 0.2) is 0 Å². The molecule has 0 aromatic heterocycles. The van der Waals surface area contributed by atoms with Gasteiger partial charge in [0.1, 0.15) is 12.1 Å². The number of hydrogen-bond acceptors (Lipinski definition) is 4.